The molecule has 2 rings (SSSR count). The third-order valence-electron chi connectivity index (χ3n) is 2.96. The van der Waals surface area contributed by atoms with E-state index in [9.17, 15) is 0 Å². The summed E-state index contributed by atoms with van der Waals surface area (Å²) in [6.45, 7) is 5.99. The lowest BCUT2D eigenvalue weighted by molar-refractivity contribution is 0.0537. The van der Waals surface area contributed by atoms with Crippen molar-refractivity contribution in [2.24, 2.45) is 0 Å². The minimum absolute atomic E-state index is 0.145. The van der Waals surface area contributed by atoms with Crippen LogP contribution in [-0.2, 0) is 4.74 Å². The largest absolute Gasteiger partial charge is 0.464 e. The topological polar surface area (TPSA) is 81.2 Å². The number of nitrogens with zero attached hydrogens (tertiary/aromatic N) is 3. The first-order valence-electron chi connectivity index (χ1n) is 6.58. The fourth-order valence-corrected chi connectivity index (χ4v) is 2.02. The van der Waals surface area contributed by atoms with Crippen molar-refractivity contribution in [2.45, 2.75) is 32.2 Å². The summed E-state index contributed by atoms with van der Waals surface area (Å²) in [5.41, 5.74) is -0.145. The number of rotatable bonds is 5. The minimum Gasteiger partial charge on any atom is -0.464 e. The molecule has 1 unspecified atom stereocenters. The van der Waals surface area contributed by atoms with Crippen molar-refractivity contribution in [3.8, 4) is 6.01 Å². The Morgan fingerprint density at radius 2 is 2.11 bits per heavy atom. The van der Waals surface area contributed by atoms with Crippen LogP contribution in [-0.4, -0.2) is 47.4 Å². The van der Waals surface area contributed by atoms with Gasteiger partial charge in [-0.3, -0.25) is 0 Å². The summed E-state index contributed by atoms with van der Waals surface area (Å²) in [5, 5.41) is 6.23. The van der Waals surface area contributed by atoms with Crippen LogP contribution in [0.3, 0.4) is 0 Å². The van der Waals surface area contributed by atoms with E-state index in [2.05, 4.69) is 32.5 Å². The van der Waals surface area contributed by atoms with Crippen molar-refractivity contribution in [1.82, 2.24) is 15.0 Å². The number of hydrogen-bond acceptors (Lipinski definition) is 7. The van der Waals surface area contributed by atoms with Crippen LogP contribution in [0, 0.1) is 0 Å². The lowest BCUT2D eigenvalue weighted by atomic mass is 9.95. The second-order valence-electron chi connectivity index (χ2n) is 4.79. The van der Waals surface area contributed by atoms with E-state index < -0.39 is 0 Å². The Morgan fingerprint density at radius 1 is 1.32 bits per heavy atom. The molecule has 0 aliphatic carbocycles. The van der Waals surface area contributed by atoms with Gasteiger partial charge in [0.1, 0.15) is 0 Å². The van der Waals surface area contributed by atoms with Gasteiger partial charge < -0.3 is 20.1 Å². The molecule has 7 heteroatoms. The molecule has 0 saturated carbocycles. The molecule has 0 bridgehead atoms. The first-order chi connectivity index (χ1) is 9.15. The van der Waals surface area contributed by atoms with Gasteiger partial charge >= 0.3 is 6.01 Å². The maximum atomic E-state index is 5.51. The molecule has 1 aliphatic heterocycles. The molecule has 1 atom stereocenters. The molecular weight excluding hydrogens is 246 g/mol. The molecule has 0 aromatic carbocycles. The molecule has 1 fully saturated rings. The van der Waals surface area contributed by atoms with Crippen LogP contribution < -0.4 is 15.4 Å². The molecule has 1 aromatic heterocycles. The maximum absolute atomic E-state index is 5.51. The molecular formula is C12H21N5O2. The second kappa shape index (κ2) is 6.01. The highest BCUT2D eigenvalue weighted by molar-refractivity contribution is 5.37. The number of aromatic nitrogens is 3. The van der Waals surface area contributed by atoms with Crippen molar-refractivity contribution in [1.29, 1.82) is 0 Å². The Labute approximate surface area is 113 Å². The summed E-state index contributed by atoms with van der Waals surface area (Å²) >= 11 is 0. The zero-order valence-corrected chi connectivity index (χ0v) is 11.7. The average Bonchev–Trinajstić information content (AvgIpc) is 2.39. The smallest absolute Gasteiger partial charge is 0.323 e. The lowest BCUT2D eigenvalue weighted by Crippen LogP contribution is -2.43. The summed E-state index contributed by atoms with van der Waals surface area (Å²) in [6, 6.07) is 0.324. The highest BCUT2D eigenvalue weighted by Crippen LogP contribution is 2.23. The normalized spacial score (nSPS) is 22.9. The Balaban J connectivity index is 2.16. The summed E-state index contributed by atoms with van der Waals surface area (Å²) in [7, 11) is 1.76. The van der Waals surface area contributed by atoms with Crippen LogP contribution in [0.5, 0.6) is 6.01 Å². The predicted molar refractivity (Wildman–Crippen MR) is 72.6 cm³/mol. The average molecular weight is 267 g/mol. The number of nitrogens with one attached hydrogen (secondary N) is 2. The van der Waals surface area contributed by atoms with Crippen LogP contribution in [0.15, 0.2) is 0 Å². The van der Waals surface area contributed by atoms with Crippen molar-refractivity contribution in [3.63, 3.8) is 0 Å². The van der Waals surface area contributed by atoms with Crippen molar-refractivity contribution >= 4 is 11.9 Å². The first kappa shape index (κ1) is 13.8. The maximum Gasteiger partial charge on any atom is 0.323 e. The molecule has 106 valence electrons. The highest BCUT2D eigenvalue weighted by atomic mass is 16.5. The molecule has 1 saturated heterocycles. The standard InChI is InChI=1S/C12H21N5O2/c1-4-19-11-15-9(13-3)14-10(16-11)17-12(2)6-5-7-18-8-12/h4-8H2,1-3H3,(H2,13,14,15,16,17). The van der Waals surface area contributed by atoms with Crippen LogP contribution in [0.25, 0.3) is 0 Å². The molecule has 0 radical (unpaired) electrons. The van der Waals surface area contributed by atoms with Crippen LogP contribution in [0.2, 0.25) is 0 Å². The Hall–Kier alpha value is -1.63. The minimum atomic E-state index is -0.145. The Bertz CT molecular complexity index is 421. The van der Waals surface area contributed by atoms with Gasteiger partial charge in [0.05, 0.1) is 18.8 Å². The van der Waals surface area contributed by atoms with E-state index in [-0.39, 0.29) is 5.54 Å². The monoisotopic (exact) mass is 267 g/mol. The summed E-state index contributed by atoms with van der Waals surface area (Å²) < 4.78 is 10.8. The van der Waals surface area contributed by atoms with Gasteiger partial charge in [0, 0.05) is 13.7 Å². The van der Waals surface area contributed by atoms with Gasteiger partial charge in [-0.15, -0.1) is 0 Å². The quantitative estimate of drug-likeness (QED) is 0.832. The molecule has 2 N–H and O–H groups in total. The van der Waals surface area contributed by atoms with Gasteiger partial charge in [-0.2, -0.15) is 15.0 Å². The van der Waals surface area contributed by atoms with Gasteiger partial charge in [0.15, 0.2) is 0 Å². The molecule has 0 amide bonds. The number of hydrogen-bond donors (Lipinski definition) is 2. The van der Waals surface area contributed by atoms with E-state index in [0.717, 1.165) is 19.4 Å². The molecule has 7 nitrogen and oxygen atoms in total. The van der Waals surface area contributed by atoms with Crippen LogP contribution in [0.4, 0.5) is 11.9 Å². The van der Waals surface area contributed by atoms with Crippen molar-refractivity contribution in [2.75, 3.05) is 37.5 Å². The van der Waals surface area contributed by atoms with Gasteiger partial charge in [-0.25, -0.2) is 0 Å². The van der Waals surface area contributed by atoms with Crippen molar-refractivity contribution in [3.05, 3.63) is 0 Å². The van der Waals surface area contributed by atoms with Gasteiger partial charge in [-0.1, -0.05) is 0 Å². The third kappa shape index (κ3) is 3.66. The van der Waals surface area contributed by atoms with Crippen LogP contribution in [0.1, 0.15) is 26.7 Å². The summed E-state index contributed by atoms with van der Waals surface area (Å²) in [5.74, 6) is 0.997. The first-order valence-corrected chi connectivity index (χ1v) is 6.58. The van der Waals surface area contributed by atoms with Gasteiger partial charge in [0.2, 0.25) is 11.9 Å². The fraction of sp³-hybridized carbons (Fsp3) is 0.750. The second-order valence-corrected chi connectivity index (χ2v) is 4.79. The van der Waals surface area contributed by atoms with Gasteiger partial charge in [0.25, 0.3) is 0 Å². The highest BCUT2D eigenvalue weighted by Gasteiger charge is 2.28. The molecule has 2 heterocycles. The Kier molecular flexibility index (Phi) is 4.36. The lowest BCUT2D eigenvalue weighted by Gasteiger charge is -2.34. The molecule has 0 spiro atoms. The Morgan fingerprint density at radius 3 is 2.74 bits per heavy atom. The predicted octanol–water partition coefficient (Wildman–Crippen LogP) is 1.29. The molecule has 1 aliphatic rings. The summed E-state index contributed by atoms with van der Waals surface area (Å²) in [6.07, 6.45) is 2.06. The van der Waals surface area contributed by atoms with E-state index >= 15 is 0 Å². The van der Waals surface area contributed by atoms with E-state index in [1.807, 2.05) is 6.92 Å². The van der Waals surface area contributed by atoms with Gasteiger partial charge in [-0.05, 0) is 26.7 Å². The van der Waals surface area contributed by atoms with E-state index in [1.165, 1.54) is 0 Å². The summed E-state index contributed by atoms with van der Waals surface area (Å²) in [4.78, 5) is 12.7. The number of anilines is 2. The molecule has 1 aromatic rings. The fourth-order valence-electron chi connectivity index (χ4n) is 2.02. The van der Waals surface area contributed by atoms with E-state index in [0.29, 0.717) is 31.1 Å². The third-order valence-corrected chi connectivity index (χ3v) is 2.96. The molecule has 19 heavy (non-hydrogen) atoms. The zero-order valence-electron chi connectivity index (χ0n) is 11.7. The number of ether oxygens (including phenoxy) is 2. The van der Waals surface area contributed by atoms with Crippen molar-refractivity contribution < 1.29 is 9.47 Å². The van der Waals surface area contributed by atoms with Crippen LogP contribution >= 0.6 is 0 Å². The zero-order chi connectivity index (χ0) is 13.7. The van der Waals surface area contributed by atoms with E-state index in [4.69, 9.17) is 9.47 Å². The SMILES string of the molecule is CCOc1nc(NC)nc(NC2(C)CCCOC2)n1. The van der Waals surface area contributed by atoms with E-state index in [1.54, 1.807) is 7.05 Å².